The summed E-state index contributed by atoms with van der Waals surface area (Å²) in [5.41, 5.74) is 1.77. The third-order valence-corrected chi connectivity index (χ3v) is 2.75. The number of hydrogen-bond acceptors (Lipinski definition) is 2. The molecule has 1 aromatic rings. The molecule has 2 nitrogen and oxygen atoms in total. The summed E-state index contributed by atoms with van der Waals surface area (Å²) in [6, 6.07) is 5.67. The maximum atomic E-state index is 11.8. The minimum atomic E-state index is 0.148. The Hall–Kier alpha value is -0.830. The van der Waals surface area contributed by atoms with Crippen LogP contribution in [-0.4, -0.2) is 18.2 Å². The van der Waals surface area contributed by atoms with Crippen molar-refractivity contribution in [2.45, 2.75) is 19.8 Å². The van der Waals surface area contributed by atoms with E-state index in [0.29, 0.717) is 17.7 Å². The van der Waals surface area contributed by atoms with Gasteiger partial charge in [-0.2, -0.15) is 0 Å². The fourth-order valence-electron chi connectivity index (χ4n) is 1.40. The Morgan fingerprint density at radius 3 is 2.80 bits per heavy atom. The highest BCUT2D eigenvalue weighted by molar-refractivity contribution is 9.09. The minimum absolute atomic E-state index is 0.148. The molecule has 0 aliphatic heterocycles. The van der Waals surface area contributed by atoms with Crippen LogP contribution in [0.1, 0.15) is 28.8 Å². The summed E-state index contributed by atoms with van der Waals surface area (Å²) in [7, 11) is 1.59. The zero-order chi connectivity index (χ0) is 11.3. The van der Waals surface area contributed by atoms with Gasteiger partial charge in [0.05, 0.1) is 12.7 Å². The summed E-state index contributed by atoms with van der Waals surface area (Å²) in [5.74, 6) is 0.815. The highest BCUT2D eigenvalue weighted by atomic mass is 79.9. The highest BCUT2D eigenvalue weighted by Gasteiger charge is 2.11. The SMILES string of the molecule is COc1ccc(C)cc1C(=O)CCCBr. The van der Waals surface area contributed by atoms with Gasteiger partial charge in [-0.1, -0.05) is 27.6 Å². The van der Waals surface area contributed by atoms with Gasteiger partial charge in [0.15, 0.2) is 5.78 Å². The van der Waals surface area contributed by atoms with Crippen molar-refractivity contribution in [3.8, 4) is 5.75 Å². The van der Waals surface area contributed by atoms with Crippen LogP contribution < -0.4 is 4.74 Å². The van der Waals surface area contributed by atoms with Crippen LogP contribution >= 0.6 is 15.9 Å². The number of Topliss-reactive ketones (excluding diaryl/α,β-unsaturated/α-hetero) is 1. The van der Waals surface area contributed by atoms with Crippen LogP contribution in [0.4, 0.5) is 0 Å². The Bertz CT molecular complexity index is 347. The summed E-state index contributed by atoms with van der Waals surface area (Å²) in [4.78, 5) is 11.8. The molecule has 0 aliphatic rings. The Labute approximate surface area is 98.8 Å². The second-order valence-corrected chi connectivity index (χ2v) is 4.21. The largest absolute Gasteiger partial charge is 0.496 e. The van der Waals surface area contributed by atoms with E-state index >= 15 is 0 Å². The van der Waals surface area contributed by atoms with Crippen LogP contribution in [-0.2, 0) is 0 Å². The van der Waals surface area contributed by atoms with Gasteiger partial charge in [0.2, 0.25) is 0 Å². The van der Waals surface area contributed by atoms with E-state index < -0.39 is 0 Å². The van der Waals surface area contributed by atoms with Crippen molar-refractivity contribution in [1.29, 1.82) is 0 Å². The topological polar surface area (TPSA) is 26.3 Å². The molecule has 82 valence electrons. The Kier molecular flexibility index (Phi) is 4.82. The van der Waals surface area contributed by atoms with Crippen molar-refractivity contribution >= 4 is 21.7 Å². The average Bonchev–Trinajstić information content (AvgIpc) is 2.25. The maximum Gasteiger partial charge on any atom is 0.166 e. The van der Waals surface area contributed by atoms with Gasteiger partial charge in [-0.05, 0) is 25.5 Å². The van der Waals surface area contributed by atoms with Crippen LogP contribution in [0.25, 0.3) is 0 Å². The van der Waals surface area contributed by atoms with Crippen molar-refractivity contribution < 1.29 is 9.53 Å². The number of ketones is 1. The molecule has 0 heterocycles. The van der Waals surface area contributed by atoms with Gasteiger partial charge in [-0.25, -0.2) is 0 Å². The van der Waals surface area contributed by atoms with E-state index in [1.165, 1.54) is 0 Å². The van der Waals surface area contributed by atoms with Crippen molar-refractivity contribution in [1.82, 2.24) is 0 Å². The Balaban J connectivity index is 2.90. The normalized spacial score (nSPS) is 10.1. The van der Waals surface area contributed by atoms with Gasteiger partial charge in [-0.3, -0.25) is 4.79 Å². The number of ether oxygens (including phenoxy) is 1. The average molecular weight is 271 g/mol. The predicted molar refractivity (Wildman–Crippen MR) is 65.1 cm³/mol. The number of hydrogen-bond donors (Lipinski definition) is 0. The second kappa shape index (κ2) is 5.91. The number of rotatable bonds is 5. The summed E-state index contributed by atoms with van der Waals surface area (Å²) in [6.45, 7) is 1.97. The fourth-order valence-corrected chi connectivity index (χ4v) is 1.68. The molecule has 0 aliphatic carbocycles. The minimum Gasteiger partial charge on any atom is -0.496 e. The van der Waals surface area contributed by atoms with Crippen LogP contribution in [0.3, 0.4) is 0 Å². The predicted octanol–water partition coefficient (Wildman–Crippen LogP) is 3.36. The van der Waals surface area contributed by atoms with Crippen molar-refractivity contribution in [3.05, 3.63) is 29.3 Å². The van der Waals surface area contributed by atoms with Crippen LogP contribution in [0.5, 0.6) is 5.75 Å². The van der Waals surface area contributed by atoms with Crippen LogP contribution in [0, 0.1) is 6.92 Å². The van der Waals surface area contributed by atoms with E-state index in [2.05, 4.69) is 15.9 Å². The molecule has 0 saturated heterocycles. The summed E-state index contributed by atoms with van der Waals surface area (Å²) < 4.78 is 5.17. The third-order valence-electron chi connectivity index (χ3n) is 2.19. The molecule has 0 amide bonds. The summed E-state index contributed by atoms with van der Waals surface area (Å²) >= 11 is 3.32. The number of carbonyl (C=O) groups excluding carboxylic acids is 1. The number of carbonyl (C=O) groups is 1. The molecule has 0 unspecified atom stereocenters. The van der Waals surface area contributed by atoms with Gasteiger partial charge in [0.25, 0.3) is 0 Å². The smallest absolute Gasteiger partial charge is 0.166 e. The lowest BCUT2D eigenvalue weighted by Gasteiger charge is -2.07. The van der Waals surface area contributed by atoms with E-state index in [4.69, 9.17) is 4.74 Å². The molecule has 1 aromatic carbocycles. The first-order chi connectivity index (χ1) is 7.19. The molecule has 0 N–H and O–H groups in total. The first-order valence-corrected chi connectivity index (χ1v) is 6.05. The van der Waals surface area contributed by atoms with Crippen LogP contribution in [0.2, 0.25) is 0 Å². The molecule has 0 radical (unpaired) electrons. The van der Waals surface area contributed by atoms with Crippen molar-refractivity contribution in [2.24, 2.45) is 0 Å². The molecule has 0 saturated carbocycles. The molecule has 3 heteroatoms. The number of methoxy groups -OCH3 is 1. The monoisotopic (exact) mass is 270 g/mol. The fraction of sp³-hybridized carbons (Fsp3) is 0.417. The first kappa shape index (κ1) is 12.2. The molecule has 15 heavy (non-hydrogen) atoms. The molecule has 0 atom stereocenters. The van der Waals surface area contributed by atoms with Gasteiger partial charge in [-0.15, -0.1) is 0 Å². The maximum absolute atomic E-state index is 11.8. The molecule has 0 spiro atoms. The van der Waals surface area contributed by atoms with E-state index in [9.17, 15) is 4.79 Å². The standard InChI is InChI=1S/C12H15BrO2/c1-9-5-6-12(15-2)10(8-9)11(14)4-3-7-13/h5-6,8H,3-4,7H2,1-2H3. The molecular formula is C12H15BrO2. The molecule has 0 bridgehead atoms. The van der Waals surface area contributed by atoms with Gasteiger partial charge < -0.3 is 4.74 Å². The lowest BCUT2D eigenvalue weighted by Crippen LogP contribution is -2.02. The molecule has 0 aromatic heterocycles. The van der Waals surface area contributed by atoms with E-state index in [1.54, 1.807) is 7.11 Å². The Morgan fingerprint density at radius 2 is 2.20 bits per heavy atom. The number of alkyl halides is 1. The van der Waals surface area contributed by atoms with Gasteiger partial charge >= 0.3 is 0 Å². The quantitative estimate of drug-likeness (QED) is 0.606. The number of benzene rings is 1. The zero-order valence-electron chi connectivity index (χ0n) is 9.05. The van der Waals surface area contributed by atoms with E-state index in [0.717, 1.165) is 17.3 Å². The zero-order valence-corrected chi connectivity index (χ0v) is 10.6. The molecular weight excluding hydrogens is 256 g/mol. The lowest BCUT2D eigenvalue weighted by molar-refractivity contribution is 0.0979. The third kappa shape index (κ3) is 3.34. The summed E-state index contributed by atoms with van der Waals surface area (Å²) in [5, 5.41) is 0.854. The van der Waals surface area contributed by atoms with Crippen molar-refractivity contribution in [2.75, 3.05) is 12.4 Å². The lowest BCUT2D eigenvalue weighted by atomic mass is 10.0. The van der Waals surface area contributed by atoms with Crippen molar-refractivity contribution in [3.63, 3.8) is 0 Å². The Morgan fingerprint density at radius 1 is 1.47 bits per heavy atom. The summed E-state index contributed by atoms with van der Waals surface area (Å²) in [6.07, 6.45) is 1.42. The highest BCUT2D eigenvalue weighted by Crippen LogP contribution is 2.21. The first-order valence-electron chi connectivity index (χ1n) is 4.93. The number of aryl methyl sites for hydroxylation is 1. The van der Waals surface area contributed by atoms with Gasteiger partial charge in [0.1, 0.15) is 5.75 Å². The van der Waals surface area contributed by atoms with E-state index in [-0.39, 0.29) is 5.78 Å². The van der Waals surface area contributed by atoms with Gasteiger partial charge in [0, 0.05) is 11.8 Å². The number of halogens is 1. The second-order valence-electron chi connectivity index (χ2n) is 3.42. The molecule has 0 fully saturated rings. The van der Waals surface area contributed by atoms with Crippen LogP contribution in [0.15, 0.2) is 18.2 Å². The molecule has 1 rings (SSSR count). The van der Waals surface area contributed by atoms with E-state index in [1.807, 2.05) is 25.1 Å².